The van der Waals surface area contributed by atoms with Gasteiger partial charge in [-0.3, -0.25) is 9.20 Å². The summed E-state index contributed by atoms with van der Waals surface area (Å²) in [4.78, 5) is 13.4. The molecular formula is C25H19N5OS. The van der Waals surface area contributed by atoms with Crippen LogP contribution in [0.5, 0.6) is 0 Å². The van der Waals surface area contributed by atoms with Gasteiger partial charge >= 0.3 is 0 Å². The summed E-state index contributed by atoms with van der Waals surface area (Å²) in [5, 5.41) is 19.5. The molecular weight excluding hydrogens is 418 g/mol. The SMILES string of the molecule is CCc1ccc(-n2c(=O)c3ccccc3n3c(SCc4ccccc4C#N)nnc23)cc1. The average molecular weight is 438 g/mol. The summed E-state index contributed by atoms with van der Waals surface area (Å²) in [7, 11) is 0. The molecule has 7 heteroatoms. The highest BCUT2D eigenvalue weighted by Crippen LogP contribution is 2.26. The van der Waals surface area contributed by atoms with Gasteiger partial charge in [0.15, 0.2) is 5.16 Å². The molecule has 0 radical (unpaired) electrons. The zero-order chi connectivity index (χ0) is 22.1. The molecule has 0 aliphatic carbocycles. The maximum atomic E-state index is 13.4. The molecule has 0 aliphatic heterocycles. The highest BCUT2D eigenvalue weighted by Gasteiger charge is 2.18. The summed E-state index contributed by atoms with van der Waals surface area (Å²) in [6.45, 7) is 2.10. The molecule has 6 nitrogen and oxygen atoms in total. The lowest BCUT2D eigenvalue weighted by atomic mass is 10.1. The molecule has 5 aromatic rings. The Hall–Kier alpha value is -3.89. The van der Waals surface area contributed by atoms with Gasteiger partial charge in [0.05, 0.1) is 28.2 Å². The lowest BCUT2D eigenvalue weighted by molar-refractivity contribution is 0.930. The molecule has 5 rings (SSSR count). The Kier molecular flexibility index (Phi) is 5.21. The molecule has 0 unspecified atom stereocenters. The monoisotopic (exact) mass is 437 g/mol. The second-order valence-electron chi connectivity index (χ2n) is 7.35. The molecule has 0 fully saturated rings. The number of nitrogens with zero attached hydrogens (tertiary/aromatic N) is 5. The standard InChI is InChI=1S/C25H19N5OS/c1-2-17-11-13-20(14-12-17)29-23(31)21-9-5-6-10-22(21)30-24(29)27-28-25(30)32-16-19-8-4-3-7-18(19)15-26/h3-14H,2,16H2,1H3. The first kappa shape index (κ1) is 20.0. The predicted molar refractivity (Wildman–Crippen MR) is 126 cm³/mol. The van der Waals surface area contributed by atoms with E-state index in [0.29, 0.717) is 27.6 Å². The lowest BCUT2D eigenvalue weighted by Gasteiger charge is -2.12. The Labute approximate surface area is 188 Å². The number of aromatic nitrogens is 4. The Morgan fingerprint density at radius 1 is 0.969 bits per heavy atom. The Morgan fingerprint density at radius 3 is 2.50 bits per heavy atom. The van der Waals surface area contributed by atoms with Crippen molar-refractivity contribution in [1.82, 2.24) is 19.2 Å². The van der Waals surface area contributed by atoms with E-state index in [1.54, 1.807) is 4.57 Å². The zero-order valence-electron chi connectivity index (χ0n) is 17.4. The normalized spacial score (nSPS) is 11.1. The highest BCUT2D eigenvalue weighted by molar-refractivity contribution is 7.98. The van der Waals surface area contributed by atoms with Crippen molar-refractivity contribution in [2.75, 3.05) is 0 Å². The summed E-state index contributed by atoms with van der Waals surface area (Å²) in [5.74, 6) is 1.04. The summed E-state index contributed by atoms with van der Waals surface area (Å²) in [6.07, 6.45) is 0.929. The van der Waals surface area contributed by atoms with E-state index in [4.69, 9.17) is 0 Å². The highest BCUT2D eigenvalue weighted by atomic mass is 32.2. The fourth-order valence-electron chi connectivity index (χ4n) is 3.78. The topological polar surface area (TPSA) is 76.0 Å². The lowest BCUT2D eigenvalue weighted by Crippen LogP contribution is -2.21. The van der Waals surface area contributed by atoms with Gasteiger partial charge in [-0.1, -0.05) is 61.2 Å². The summed E-state index contributed by atoms with van der Waals surface area (Å²) >= 11 is 1.49. The van der Waals surface area contributed by atoms with Crippen LogP contribution >= 0.6 is 11.8 Å². The minimum atomic E-state index is -0.129. The van der Waals surface area contributed by atoms with Crippen molar-refractivity contribution in [2.45, 2.75) is 24.3 Å². The third kappa shape index (κ3) is 3.35. The number of fused-ring (bicyclic) bond motifs is 3. The second-order valence-corrected chi connectivity index (χ2v) is 8.30. The molecule has 0 N–H and O–H groups in total. The van der Waals surface area contributed by atoms with Crippen LogP contribution in [0.1, 0.15) is 23.6 Å². The van der Waals surface area contributed by atoms with E-state index in [1.165, 1.54) is 17.3 Å². The van der Waals surface area contributed by atoms with Gasteiger partial charge in [0.2, 0.25) is 5.78 Å². The largest absolute Gasteiger partial charge is 0.268 e. The van der Waals surface area contributed by atoms with Crippen LogP contribution in [0.3, 0.4) is 0 Å². The van der Waals surface area contributed by atoms with E-state index in [-0.39, 0.29) is 5.56 Å². The quantitative estimate of drug-likeness (QED) is 0.371. The van der Waals surface area contributed by atoms with E-state index < -0.39 is 0 Å². The van der Waals surface area contributed by atoms with Crippen LogP contribution in [0, 0.1) is 11.3 Å². The third-order valence-electron chi connectivity index (χ3n) is 5.49. The number of thioether (sulfide) groups is 1. The van der Waals surface area contributed by atoms with E-state index in [9.17, 15) is 10.1 Å². The van der Waals surface area contributed by atoms with Gasteiger partial charge in [-0.15, -0.1) is 10.2 Å². The van der Waals surface area contributed by atoms with Crippen LogP contribution in [0.25, 0.3) is 22.4 Å². The number of rotatable bonds is 5. The second kappa shape index (κ2) is 8.33. The van der Waals surface area contributed by atoms with Crippen molar-refractivity contribution in [3.8, 4) is 11.8 Å². The number of hydrogen-bond donors (Lipinski definition) is 0. The van der Waals surface area contributed by atoms with Gasteiger partial charge in [0, 0.05) is 5.75 Å². The summed E-state index contributed by atoms with van der Waals surface area (Å²) < 4.78 is 3.53. The van der Waals surface area contributed by atoms with Crippen molar-refractivity contribution in [2.24, 2.45) is 0 Å². The molecule has 0 saturated heterocycles. The number of nitriles is 1. The first-order chi connectivity index (χ1) is 15.7. The van der Waals surface area contributed by atoms with Crippen LogP contribution in [0.4, 0.5) is 0 Å². The number of aryl methyl sites for hydroxylation is 1. The molecule has 2 aromatic heterocycles. The fourth-order valence-corrected chi connectivity index (χ4v) is 4.73. The Balaban J connectivity index is 1.69. The molecule has 0 spiro atoms. The van der Waals surface area contributed by atoms with E-state index in [2.05, 4.69) is 23.2 Å². The summed E-state index contributed by atoms with van der Waals surface area (Å²) in [5.41, 5.74) is 4.16. The maximum Gasteiger partial charge on any atom is 0.267 e. The van der Waals surface area contributed by atoms with Crippen LogP contribution in [-0.4, -0.2) is 19.2 Å². The molecule has 2 heterocycles. The minimum Gasteiger partial charge on any atom is -0.268 e. The Morgan fingerprint density at radius 2 is 1.72 bits per heavy atom. The predicted octanol–water partition coefficient (Wildman–Crippen LogP) is 4.76. The van der Waals surface area contributed by atoms with Gasteiger partial charge < -0.3 is 0 Å². The molecule has 0 atom stereocenters. The first-order valence-corrected chi connectivity index (χ1v) is 11.3. The van der Waals surface area contributed by atoms with Gasteiger partial charge in [0.1, 0.15) is 0 Å². The van der Waals surface area contributed by atoms with Gasteiger partial charge in [-0.2, -0.15) is 5.26 Å². The van der Waals surface area contributed by atoms with E-state index in [0.717, 1.165) is 23.2 Å². The van der Waals surface area contributed by atoms with Crippen LogP contribution in [0.2, 0.25) is 0 Å². The van der Waals surface area contributed by atoms with Crippen LogP contribution < -0.4 is 5.56 Å². The minimum absolute atomic E-state index is 0.129. The van der Waals surface area contributed by atoms with Crippen LogP contribution in [0.15, 0.2) is 82.7 Å². The van der Waals surface area contributed by atoms with Gasteiger partial charge in [-0.25, -0.2) is 4.57 Å². The fraction of sp³-hybridized carbons (Fsp3) is 0.120. The molecule has 0 saturated carbocycles. The van der Waals surface area contributed by atoms with E-state index in [1.807, 2.05) is 77.2 Å². The molecule has 32 heavy (non-hydrogen) atoms. The van der Waals surface area contributed by atoms with Gasteiger partial charge in [-0.05, 0) is 47.9 Å². The van der Waals surface area contributed by atoms with Crippen molar-refractivity contribution in [3.63, 3.8) is 0 Å². The third-order valence-corrected chi connectivity index (χ3v) is 6.47. The number of para-hydroxylation sites is 1. The van der Waals surface area contributed by atoms with Crippen molar-refractivity contribution >= 4 is 28.4 Å². The van der Waals surface area contributed by atoms with Crippen molar-refractivity contribution < 1.29 is 0 Å². The molecule has 0 amide bonds. The van der Waals surface area contributed by atoms with Crippen molar-refractivity contribution in [1.29, 1.82) is 5.26 Å². The summed E-state index contributed by atoms with van der Waals surface area (Å²) in [6, 6.07) is 25.2. The molecule has 0 bridgehead atoms. The molecule has 0 aliphatic rings. The van der Waals surface area contributed by atoms with Gasteiger partial charge in [0.25, 0.3) is 5.56 Å². The molecule has 156 valence electrons. The molecule has 3 aromatic carbocycles. The average Bonchev–Trinajstić information content (AvgIpc) is 3.27. The van der Waals surface area contributed by atoms with Crippen molar-refractivity contribution in [3.05, 3.63) is 99.8 Å². The maximum absolute atomic E-state index is 13.4. The Bertz CT molecular complexity index is 1540. The first-order valence-electron chi connectivity index (χ1n) is 10.3. The number of hydrogen-bond acceptors (Lipinski definition) is 5. The number of benzene rings is 3. The smallest absolute Gasteiger partial charge is 0.267 e. The van der Waals surface area contributed by atoms with Crippen LogP contribution in [-0.2, 0) is 12.2 Å². The van der Waals surface area contributed by atoms with E-state index >= 15 is 0 Å². The zero-order valence-corrected chi connectivity index (χ0v) is 18.2.